The number of allylic oxidation sites excluding steroid dienone is 2. The summed E-state index contributed by atoms with van der Waals surface area (Å²) >= 11 is 0. The van der Waals surface area contributed by atoms with Crippen LogP contribution < -0.4 is 0 Å². The van der Waals surface area contributed by atoms with Crippen molar-refractivity contribution in [1.29, 1.82) is 0 Å². The van der Waals surface area contributed by atoms with E-state index in [9.17, 15) is 0 Å². The molecule has 0 aliphatic heterocycles. The van der Waals surface area contributed by atoms with Gasteiger partial charge in [-0.05, 0) is 23.6 Å². The standard InChI is InChI=1S/C14H17N/c1-5-7-8-13-12(11(3)4)9-10-15-14(13)6-2/h5-11H,1-2H2,3-4H3/b8-7-. The molecule has 1 aromatic rings. The number of hydrogen-bond donors (Lipinski definition) is 0. The average Bonchev–Trinajstić information content (AvgIpc) is 2.25. The summed E-state index contributed by atoms with van der Waals surface area (Å²) in [6, 6.07) is 2.06. The lowest BCUT2D eigenvalue weighted by Gasteiger charge is -2.11. The number of hydrogen-bond acceptors (Lipinski definition) is 1. The first-order valence-corrected chi connectivity index (χ1v) is 5.11. The molecule has 0 aliphatic rings. The second-order valence-electron chi connectivity index (χ2n) is 3.65. The molecule has 0 spiro atoms. The van der Waals surface area contributed by atoms with Crippen LogP contribution in [0.25, 0.3) is 12.2 Å². The van der Waals surface area contributed by atoms with Crippen LogP contribution in [-0.4, -0.2) is 4.98 Å². The molecule has 1 heteroatoms. The Labute approximate surface area is 91.9 Å². The van der Waals surface area contributed by atoms with E-state index in [1.54, 1.807) is 12.2 Å². The molecule has 15 heavy (non-hydrogen) atoms. The fourth-order valence-electron chi connectivity index (χ4n) is 1.52. The molecule has 0 atom stereocenters. The molecule has 1 rings (SSSR count). The second kappa shape index (κ2) is 5.30. The Balaban J connectivity index is 3.32. The van der Waals surface area contributed by atoms with Gasteiger partial charge >= 0.3 is 0 Å². The van der Waals surface area contributed by atoms with E-state index in [1.165, 1.54) is 5.56 Å². The summed E-state index contributed by atoms with van der Waals surface area (Å²) in [6.45, 7) is 11.8. The third-order valence-electron chi connectivity index (χ3n) is 2.27. The maximum atomic E-state index is 4.29. The third-order valence-corrected chi connectivity index (χ3v) is 2.27. The molecule has 0 amide bonds. The molecule has 0 saturated carbocycles. The van der Waals surface area contributed by atoms with Gasteiger partial charge in [0.15, 0.2) is 0 Å². The van der Waals surface area contributed by atoms with Gasteiger partial charge in [-0.2, -0.15) is 0 Å². The lowest BCUT2D eigenvalue weighted by Crippen LogP contribution is -1.96. The molecular formula is C14H17N. The Morgan fingerprint density at radius 3 is 2.60 bits per heavy atom. The van der Waals surface area contributed by atoms with Crippen molar-refractivity contribution in [3.63, 3.8) is 0 Å². The van der Waals surface area contributed by atoms with Gasteiger partial charge in [0.2, 0.25) is 0 Å². The van der Waals surface area contributed by atoms with E-state index in [0.29, 0.717) is 5.92 Å². The predicted octanol–water partition coefficient (Wildman–Crippen LogP) is 4.05. The van der Waals surface area contributed by atoms with E-state index < -0.39 is 0 Å². The maximum Gasteiger partial charge on any atom is 0.0698 e. The first-order chi connectivity index (χ1) is 7.20. The lowest BCUT2D eigenvalue weighted by atomic mass is 9.96. The van der Waals surface area contributed by atoms with Gasteiger partial charge in [0, 0.05) is 11.8 Å². The molecule has 0 bridgehead atoms. The molecule has 0 unspecified atom stereocenters. The van der Waals surface area contributed by atoms with Crippen LogP contribution in [0.3, 0.4) is 0 Å². The molecule has 0 radical (unpaired) electrons. The number of aromatic nitrogens is 1. The van der Waals surface area contributed by atoms with E-state index >= 15 is 0 Å². The Kier molecular flexibility index (Phi) is 4.04. The van der Waals surface area contributed by atoms with Crippen molar-refractivity contribution < 1.29 is 0 Å². The number of rotatable bonds is 4. The quantitative estimate of drug-likeness (QED) is 0.667. The van der Waals surface area contributed by atoms with Crippen LogP contribution in [0.1, 0.15) is 36.6 Å². The molecular weight excluding hydrogens is 182 g/mol. The molecule has 0 saturated heterocycles. The van der Waals surface area contributed by atoms with Crippen molar-refractivity contribution in [1.82, 2.24) is 4.98 Å². The summed E-state index contributed by atoms with van der Waals surface area (Å²) in [6.07, 6.45) is 9.35. The Hall–Kier alpha value is -1.63. The van der Waals surface area contributed by atoms with Gasteiger partial charge in [-0.3, -0.25) is 4.98 Å². The second-order valence-corrected chi connectivity index (χ2v) is 3.65. The van der Waals surface area contributed by atoms with Gasteiger partial charge in [-0.15, -0.1) is 0 Å². The molecule has 0 N–H and O–H groups in total. The van der Waals surface area contributed by atoms with Crippen molar-refractivity contribution in [3.05, 3.63) is 54.4 Å². The average molecular weight is 199 g/mol. The van der Waals surface area contributed by atoms with Crippen LogP contribution in [0, 0.1) is 0 Å². The van der Waals surface area contributed by atoms with Gasteiger partial charge in [0.1, 0.15) is 0 Å². The zero-order valence-corrected chi connectivity index (χ0v) is 9.40. The fourth-order valence-corrected chi connectivity index (χ4v) is 1.52. The van der Waals surface area contributed by atoms with E-state index in [4.69, 9.17) is 0 Å². The third kappa shape index (κ3) is 2.66. The van der Waals surface area contributed by atoms with Gasteiger partial charge in [0.05, 0.1) is 5.69 Å². The van der Waals surface area contributed by atoms with Crippen molar-refractivity contribution in [2.45, 2.75) is 19.8 Å². The lowest BCUT2D eigenvalue weighted by molar-refractivity contribution is 0.859. The highest BCUT2D eigenvalue weighted by Crippen LogP contribution is 2.23. The van der Waals surface area contributed by atoms with Crippen LogP contribution in [0.4, 0.5) is 0 Å². The summed E-state index contributed by atoms with van der Waals surface area (Å²) in [5.41, 5.74) is 3.36. The molecule has 0 fully saturated rings. The van der Waals surface area contributed by atoms with Crippen molar-refractivity contribution in [2.24, 2.45) is 0 Å². The van der Waals surface area contributed by atoms with E-state index in [-0.39, 0.29) is 0 Å². The minimum atomic E-state index is 0.483. The number of nitrogens with zero attached hydrogens (tertiary/aromatic N) is 1. The molecule has 78 valence electrons. The summed E-state index contributed by atoms with van der Waals surface area (Å²) in [4.78, 5) is 4.29. The minimum Gasteiger partial charge on any atom is -0.256 e. The number of pyridine rings is 1. The summed E-state index contributed by atoms with van der Waals surface area (Å²) in [7, 11) is 0. The zero-order chi connectivity index (χ0) is 11.3. The first-order valence-electron chi connectivity index (χ1n) is 5.11. The molecule has 0 aromatic carbocycles. The Morgan fingerprint density at radius 1 is 1.33 bits per heavy atom. The normalized spacial score (nSPS) is 10.9. The summed E-state index contributed by atoms with van der Waals surface area (Å²) < 4.78 is 0. The van der Waals surface area contributed by atoms with Crippen LogP contribution in [0.2, 0.25) is 0 Å². The van der Waals surface area contributed by atoms with E-state index in [0.717, 1.165) is 11.3 Å². The molecule has 1 nitrogen and oxygen atoms in total. The van der Waals surface area contributed by atoms with Crippen LogP contribution in [0.15, 0.2) is 37.6 Å². The predicted molar refractivity (Wildman–Crippen MR) is 67.6 cm³/mol. The summed E-state index contributed by atoms with van der Waals surface area (Å²) in [5, 5.41) is 0. The smallest absolute Gasteiger partial charge is 0.0698 e. The van der Waals surface area contributed by atoms with Gasteiger partial charge in [-0.1, -0.05) is 45.2 Å². The molecule has 0 aliphatic carbocycles. The maximum absolute atomic E-state index is 4.29. The largest absolute Gasteiger partial charge is 0.256 e. The highest BCUT2D eigenvalue weighted by molar-refractivity contribution is 5.65. The minimum absolute atomic E-state index is 0.483. The van der Waals surface area contributed by atoms with E-state index in [1.807, 2.05) is 18.3 Å². The van der Waals surface area contributed by atoms with Crippen molar-refractivity contribution in [3.8, 4) is 0 Å². The summed E-state index contributed by atoms with van der Waals surface area (Å²) in [5.74, 6) is 0.483. The highest BCUT2D eigenvalue weighted by Gasteiger charge is 2.07. The SMILES string of the molecule is C=C/C=C\c1c(C(C)C)ccnc1C=C. The van der Waals surface area contributed by atoms with Gasteiger partial charge in [-0.25, -0.2) is 0 Å². The van der Waals surface area contributed by atoms with Gasteiger partial charge in [0.25, 0.3) is 0 Å². The van der Waals surface area contributed by atoms with Gasteiger partial charge < -0.3 is 0 Å². The first kappa shape index (κ1) is 11.4. The van der Waals surface area contributed by atoms with Crippen LogP contribution in [0.5, 0.6) is 0 Å². The van der Waals surface area contributed by atoms with Crippen LogP contribution in [-0.2, 0) is 0 Å². The molecule has 1 aromatic heterocycles. The Bertz CT molecular complexity index is 386. The zero-order valence-electron chi connectivity index (χ0n) is 9.40. The Morgan fingerprint density at radius 2 is 2.07 bits per heavy atom. The molecule has 1 heterocycles. The fraction of sp³-hybridized carbons (Fsp3) is 0.214. The monoisotopic (exact) mass is 199 g/mol. The topological polar surface area (TPSA) is 12.9 Å². The van der Waals surface area contributed by atoms with E-state index in [2.05, 4.69) is 38.1 Å². The van der Waals surface area contributed by atoms with Crippen LogP contribution >= 0.6 is 0 Å². The highest BCUT2D eigenvalue weighted by atomic mass is 14.7. The van der Waals surface area contributed by atoms with Crippen molar-refractivity contribution >= 4 is 12.2 Å². The van der Waals surface area contributed by atoms with Crippen molar-refractivity contribution in [2.75, 3.05) is 0 Å².